The molecule has 1 saturated heterocycles. The third-order valence-electron chi connectivity index (χ3n) is 5.21. The number of hydrogen-bond acceptors (Lipinski definition) is 6. The lowest BCUT2D eigenvalue weighted by Crippen LogP contribution is -2.55. The maximum absolute atomic E-state index is 12.8. The number of ether oxygens (including phenoxy) is 1. The number of halogens is 1. The summed E-state index contributed by atoms with van der Waals surface area (Å²) in [5.74, 6) is 1.51. The number of benzene rings is 2. The van der Waals surface area contributed by atoms with E-state index in [0.29, 0.717) is 31.8 Å². The number of rotatable bonds is 5. The largest absolute Gasteiger partial charge is 0.497 e. The van der Waals surface area contributed by atoms with Crippen molar-refractivity contribution in [2.75, 3.05) is 37.0 Å². The smallest absolute Gasteiger partial charge is 0.322 e. The summed E-state index contributed by atoms with van der Waals surface area (Å²) in [6, 6.07) is 15.0. The van der Waals surface area contributed by atoms with Gasteiger partial charge in [-0.15, -0.1) is 0 Å². The van der Waals surface area contributed by atoms with Crippen LogP contribution in [0.4, 0.5) is 15.6 Å². The minimum Gasteiger partial charge on any atom is -0.497 e. The highest BCUT2D eigenvalue weighted by Gasteiger charge is 2.29. The summed E-state index contributed by atoms with van der Waals surface area (Å²) in [5, 5.41) is 4.57. The number of methoxy groups -OCH3 is 1. The van der Waals surface area contributed by atoms with Crippen molar-refractivity contribution in [1.29, 1.82) is 0 Å². The summed E-state index contributed by atoms with van der Waals surface area (Å²) >= 11 is 7.36. The Morgan fingerprint density at radius 2 is 2.06 bits per heavy atom. The van der Waals surface area contributed by atoms with E-state index in [1.54, 1.807) is 7.11 Å². The molecule has 9 heteroatoms. The second-order valence-electron chi connectivity index (χ2n) is 7.45. The van der Waals surface area contributed by atoms with E-state index in [9.17, 15) is 4.79 Å². The Morgan fingerprint density at radius 3 is 2.81 bits per heavy atom. The molecule has 3 aromatic rings. The fourth-order valence-corrected chi connectivity index (χ4v) is 4.40. The first-order chi connectivity index (χ1) is 15.0. The Labute approximate surface area is 190 Å². The molecule has 1 aliphatic heterocycles. The van der Waals surface area contributed by atoms with Gasteiger partial charge in [0, 0.05) is 60.4 Å². The molecule has 7 nitrogen and oxygen atoms in total. The summed E-state index contributed by atoms with van der Waals surface area (Å²) in [5.41, 5.74) is 1.84. The van der Waals surface area contributed by atoms with Crippen molar-refractivity contribution in [3.8, 4) is 5.75 Å². The van der Waals surface area contributed by atoms with Gasteiger partial charge in [0.2, 0.25) is 5.13 Å². The van der Waals surface area contributed by atoms with Crippen molar-refractivity contribution in [2.45, 2.75) is 19.4 Å². The van der Waals surface area contributed by atoms with Crippen LogP contribution in [0.15, 0.2) is 48.5 Å². The van der Waals surface area contributed by atoms with E-state index in [4.69, 9.17) is 21.3 Å². The summed E-state index contributed by atoms with van der Waals surface area (Å²) < 4.78 is 9.73. The van der Waals surface area contributed by atoms with Crippen LogP contribution in [0, 0.1) is 0 Å². The molecular formula is C22H24ClN5O2S. The van der Waals surface area contributed by atoms with Gasteiger partial charge in [-0.1, -0.05) is 29.8 Å². The number of carbonyl (C=O) groups excluding carboxylic acids is 1. The highest BCUT2D eigenvalue weighted by Crippen LogP contribution is 2.24. The molecule has 2 heterocycles. The van der Waals surface area contributed by atoms with E-state index in [0.717, 1.165) is 27.2 Å². The van der Waals surface area contributed by atoms with E-state index in [1.807, 2.05) is 60.4 Å². The molecule has 2 aromatic carbocycles. The van der Waals surface area contributed by atoms with Crippen molar-refractivity contribution in [3.63, 3.8) is 0 Å². The van der Waals surface area contributed by atoms with Crippen molar-refractivity contribution in [1.82, 2.24) is 14.3 Å². The molecule has 0 saturated carbocycles. The van der Waals surface area contributed by atoms with Gasteiger partial charge in [0.25, 0.3) is 0 Å². The van der Waals surface area contributed by atoms with Gasteiger partial charge in [0.05, 0.1) is 7.11 Å². The first-order valence-electron chi connectivity index (χ1n) is 10.1. The zero-order valence-electron chi connectivity index (χ0n) is 17.4. The lowest BCUT2D eigenvalue weighted by molar-refractivity contribution is 0.185. The molecule has 4 rings (SSSR count). The zero-order valence-corrected chi connectivity index (χ0v) is 19.0. The summed E-state index contributed by atoms with van der Waals surface area (Å²) in [4.78, 5) is 21.5. The second-order valence-corrected chi connectivity index (χ2v) is 8.61. The predicted molar refractivity (Wildman–Crippen MR) is 125 cm³/mol. The van der Waals surface area contributed by atoms with Crippen LogP contribution in [0.5, 0.6) is 5.75 Å². The van der Waals surface area contributed by atoms with Gasteiger partial charge in [-0.25, -0.2) is 9.78 Å². The molecule has 31 heavy (non-hydrogen) atoms. The van der Waals surface area contributed by atoms with E-state index in [-0.39, 0.29) is 12.1 Å². The highest BCUT2D eigenvalue weighted by molar-refractivity contribution is 7.09. The fraction of sp³-hybridized carbons (Fsp3) is 0.318. The Kier molecular flexibility index (Phi) is 6.58. The SMILES string of the molecule is COc1cccc(NC(=O)N2CCN(c3nc(Cc4ccc(Cl)cc4)ns3)CC2C)c1. The van der Waals surface area contributed by atoms with Gasteiger partial charge in [0.15, 0.2) is 0 Å². The number of urea groups is 1. The Balaban J connectivity index is 1.35. The van der Waals surface area contributed by atoms with E-state index in [1.165, 1.54) is 11.5 Å². The van der Waals surface area contributed by atoms with E-state index >= 15 is 0 Å². The van der Waals surface area contributed by atoms with Crippen molar-refractivity contribution >= 4 is 40.0 Å². The van der Waals surface area contributed by atoms with Gasteiger partial charge in [-0.3, -0.25) is 0 Å². The minimum absolute atomic E-state index is 0.0444. The molecule has 1 N–H and O–H groups in total. The maximum Gasteiger partial charge on any atom is 0.322 e. The normalized spacial score (nSPS) is 16.3. The number of nitrogens with zero attached hydrogens (tertiary/aromatic N) is 4. The van der Waals surface area contributed by atoms with Crippen molar-refractivity contribution < 1.29 is 9.53 Å². The van der Waals surface area contributed by atoms with Gasteiger partial charge in [-0.05, 0) is 36.8 Å². The molecule has 1 aromatic heterocycles. The molecule has 1 atom stereocenters. The zero-order chi connectivity index (χ0) is 21.8. The number of nitrogens with one attached hydrogen (secondary N) is 1. The van der Waals surface area contributed by atoms with Crippen LogP contribution in [-0.2, 0) is 6.42 Å². The number of piperazine rings is 1. The van der Waals surface area contributed by atoms with Crippen LogP contribution in [0.1, 0.15) is 18.3 Å². The van der Waals surface area contributed by atoms with Crippen LogP contribution in [-0.4, -0.2) is 53.1 Å². The molecule has 1 aliphatic rings. The third-order valence-corrected chi connectivity index (χ3v) is 6.28. The number of carbonyl (C=O) groups is 1. The molecule has 2 amide bonds. The molecule has 0 aliphatic carbocycles. The minimum atomic E-state index is -0.110. The van der Waals surface area contributed by atoms with Crippen molar-refractivity contribution in [3.05, 3.63) is 64.9 Å². The van der Waals surface area contributed by atoms with Gasteiger partial charge < -0.3 is 19.9 Å². The van der Waals surface area contributed by atoms with Crippen LogP contribution < -0.4 is 15.0 Å². The molecule has 0 spiro atoms. The number of amides is 2. The second kappa shape index (κ2) is 9.53. The first-order valence-corrected chi connectivity index (χ1v) is 11.2. The number of aromatic nitrogens is 2. The quantitative estimate of drug-likeness (QED) is 0.609. The molecule has 0 bridgehead atoms. The van der Waals surface area contributed by atoms with Crippen LogP contribution in [0.25, 0.3) is 0 Å². The predicted octanol–water partition coefficient (Wildman–Crippen LogP) is 4.53. The maximum atomic E-state index is 12.8. The summed E-state index contributed by atoms with van der Waals surface area (Å²) in [6.45, 7) is 4.09. The van der Waals surface area contributed by atoms with Gasteiger partial charge in [-0.2, -0.15) is 4.37 Å². The Morgan fingerprint density at radius 1 is 1.26 bits per heavy atom. The lowest BCUT2D eigenvalue weighted by atomic mass is 10.1. The first kappa shape index (κ1) is 21.4. The standard InChI is InChI=1S/C22H24ClN5O2S/c1-15-14-27(22-25-20(26-31-22)12-16-6-8-17(23)9-7-16)10-11-28(15)21(29)24-18-4-3-5-19(13-18)30-2/h3-9,13,15H,10-12,14H2,1-2H3,(H,24,29). The van der Waals surface area contributed by atoms with Crippen LogP contribution in [0.3, 0.4) is 0 Å². The van der Waals surface area contributed by atoms with Crippen LogP contribution in [0.2, 0.25) is 5.02 Å². The molecule has 0 radical (unpaired) electrons. The summed E-state index contributed by atoms with van der Waals surface area (Å²) in [7, 11) is 1.61. The topological polar surface area (TPSA) is 70.6 Å². The average Bonchev–Trinajstić information content (AvgIpc) is 3.24. The van der Waals surface area contributed by atoms with Crippen molar-refractivity contribution in [2.24, 2.45) is 0 Å². The highest BCUT2D eigenvalue weighted by atomic mass is 35.5. The van der Waals surface area contributed by atoms with Crippen LogP contribution >= 0.6 is 23.1 Å². The summed E-state index contributed by atoms with van der Waals surface area (Å²) in [6.07, 6.45) is 0.673. The van der Waals surface area contributed by atoms with Gasteiger partial charge in [0.1, 0.15) is 11.6 Å². The molecule has 1 unspecified atom stereocenters. The third kappa shape index (κ3) is 5.26. The molecular weight excluding hydrogens is 434 g/mol. The molecule has 162 valence electrons. The van der Waals surface area contributed by atoms with E-state index < -0.39 is 0 Å². The Hall–Kier alpha value is -2.84. The Bertz CT molecular complexity index is 1040. The fourth-order valence-electron chi connectivity index (χ4n) is 3.56. The van der Waals surface area contributed by atoms with E-state index in [2.05, 4.69) is 14.6 Å². The van der Waals surface area contributed by atoms with Gasteiger partial charge >= 0.3 is 6.03 Å². The number of hydrogen-bond donors (Lipinski definition) is 1. The number of anilines is 2. The monoisotopic (exact) mass is 457 g/mol. The lowest BCUT2D eigenvalue weighted by Gasteiger charge is -2.39. The average molecular weight is 458 g/mol. The molecule has 1 fully saturated rings.